The quantitative estimate of drug-likeness (QED) is 0.841. The third-order valence-electron chi connectivity index (χ3n) is 2.41. The molecule has 1 unspecified atom stereocenters. The minimum atomic E-state index is 0.213. The van der Waals surface area contributed by atoms with Crippen molar-refractivity contribution >= 4 is 11.8 Å². The summed E-state index contributed by atoms with van der Waals surface area (Å²) < 4.78 is 0. The smallest absolute Gasteiger partial charge is 0.189 e. The molecule has 2 rings (SSSR count). The molecule has 17 heavy (non-hydrogen) atoms. The highest BCUT2D eigenvalue weighted by Crippen LogP contribution is 2.21. The van der Waals surface area contributed by atoms with E-state index in [1.54, 1.807) is 0 Å². The molecule has 0 fully saturated rings. The normalized spacial score (nSPS) is 12.6. The van der Waals surface area contributed by atoms with Gasteiger partial charge in [0.05, 0.1) is 0 Å². The second kappa shape index (κ2) is 5.79. The average molecular weight is 249 g/mol. The molecular weight excluding hydrogens is 234 g/mol. The maximum atomic E-state index is 5.90. The number of hydrogen-bond acceptors (Lipinski definition) is 5. The van der Waals surface area contributed by atoms with Gasteiger partial charge in [0.1, 0.15) is 11.4 Å². The number of aromatic amines is 1. The van der Waals surface area contributed by atoms with Gasteiger partial charge in [0.15, 0.2) is 5.16 Å². The summed E-state index contributed by atoms with van der Waals surface area (Å²) in [6.07, 6.45) is 5.20. The predicted octanol–water partition coefficient (Wildman–Crippen LogP) is 1.63. The molecule has 0 aromatic carbocycles. The van der Waals surface area contributed by atoms with Crippen molar-refractivity contribution in [3.63, 3.8) is 0 Å². The Morgan fingerprint density at radius 1 is 1.41 bits per heavy atom. The number of hydrogen-bond donors (Lipinski definition) is 2. The number of nitrogens with zero attached hydrogens (tertiary/aromatic N) is 3. The van der Waals surface area contributed by atoms with Gasteiger partial charge in [-0.1, -0.05) is 13.0 Å². The van der Waals surface area contributed by atoms with Crippen LogP contribution in [0, 0.1) is 0 Å². The lowest BCUT2D eigenvalue weighted by Crippen LogP contribution is -2.21. The van der Waals surface area contributed by atoms with E-state index in [4.69, 9.17) is 5.73 Å². The van der Waals surface area contributed by atoms with Gasteiger partial charge in [-0.25, -0.2) is 9.97 Å². The van der Waals surface area contributed by atoms with Gasteiger partial charge in [-0.15, -0.1) is 0 Å². The van der Waals surface area contributed by atoms with Crippen molar-refractivity contribution in [2.45, 2.75) is 36.0 Å². The van der Waals surface area contributed by atoms with Crippen molar-refractivity contribution in [3.05, 3.63) is 30.2 Å². The van der Waals surface area contributed by atoms with E-state index in [-0.39, 0.29) is 6.04 Å². The van der Waals surface area contributed by atoms with E-state index in [1.165, 1.54) is 23.7 Å². The van der Waals surface area contributed by atoms with E-state index >= 15 is 0 Å². The summed E-state index contributed by atoms with van der Waals surface area (Å²) in [6.45, 7) is 2.09. The van der Waals surface area contributed by atoms with Crippen LogP contribution in [0.3, 0.4) is 0 Å². The fourth-order valence-electron chi connectivity index (χ4n) is 1.38. The van der Waals surface area contributed by atoms with Crippen LogP contribution in [-0.2, 0) is 6.42 Å². The summed E-state index contributed by atoms with van der Waals surface area (Å²) in [5.74, 6) is 0. The van der Waals surface area contributed by atoms with Crippen LogP contribution < -0.4 is 5.73 Å². The van der Waals surface area contributed by atoms with E-state index in [9.17, 15) is 0 Å². The summed E-state index contributed by atoms with van der Waals surface area (Å²) >= 11 is 1.46. The molecule has 0 saturated heterocycles. The lowest BCUT2D eigenvalue weighted by molar-refractivity contribution is 0.644. The molecule has 0 bridgehead atoms. The van der Waals surface area contributed by atoms with Crippen LogP contribution in [-0.4, -0.2) is 26.2 Å². The Morgan fingerprint density at radius 2 is 2.29 bits per heavy atom. The molecule has 0 aliphatic heterocycles. The number of rotatable bonds is 5. The van der Waals surface area contributed by atoms with Crippen LogP contribution in [0.4, 0.5) is 0 Å². The molecule has 6 heteroatoms. The Hall–Kier alpha value is -1.40. The molecule has 0 spiro atoms. The lowest BCUT2D eigenvalue weighted by atomic mass is 10.1. The first kappa shape index (κ1) is 12.1. The number of aromatic nitrogens is 4. The van der Waals surface area contributed by atoms with Gasteiger partial charge in [0, 0.05) is 12.2 Å². The molecule has 1 atom stereocenters. The van der Waals surface area contributed by atoms with Crippen molar-refractivity contribution in [1.82, 2.24) is 20.2 Å². The highest BCUT2D eigenvalue weighted by Gasteiger charge is 2.04. The zero-order chi connectivity index (χ0) is 12.1. The zero-order valence-electron chi connectivity index (χ0n) is 9.63. The molecule has 2 heterocycles. The molecule has 0 saturated carbocycles. The molecule has 90 valence electrons. The minimum Gasteiger partial charge on any atom is -0.327 e. The summed E-state index contributed by atoms with van der Waals surface area (Å²) in [7, 11) is 0. The van der Waals surface area contributed by atoms with Crippen molar-refractivity contribution in [2.75, 3.05) is 0 Å². The minimum absolute atomic E-state index is 0.213. The number of nitrogens with one attached hydrogen (secondary N) is 1. The molecule has 2 aromatic heterocycles. The molecular formula is C11H15N5S. The van der Waals surface area contributed by atoms with Crippen molar-refractivity contribution in [3.8, 4) is 0 Å². The maximum absolute atomic E-state index is 5.90. The van der Waals surface area contributed by atoms with E-state index in [2.05, 4.69) is 33.2 Å². The average Bonchev–Trinajstić information content (AvgIpc) is 2.84. The topological polar surface area (TPSA) is 80.5 Å². The highest BCUT2D eigenvalue weighted by atomic mass is 32.2. The first-order valence-corrected chi connectivity index (χ1v) is 6.33. The van der Waals surface area contributed by atoms with E-state index in [0.29, 0.717) is 0 Å². The SMILES string of the molecule is CCC(N)Cc1ccc(Sc2ncn[nH]2)nc1. The van der Waals surface area contributed by atoms with Crippen molar-refractivity contribution in [2.24, 2.45) is 5.73 Å². The predicted molar refractivity (Wildman–Crippen MR) is 66.7 cm³/mol. The van der Waals surface area contributed by atoms with E-state index in [1.807, 2.05) is 12.3 Å². The van der Waals surface area contributed by atoms with Gasteiger partial charge in [-0.3, -0.25) is 5.10 Å². The maximum Gasteiger partial charge on any atom is 0.189 e. The standard InChI is InChI=1S/C11H15N5S/c1-2-9(12)5-8-3-4-10(13-6-8)17-11-14-7-15-16-11/h3-4,6-7,9H,2,5,12H2,1H3,(H,14,15,16). The first-order valence-electron chi connectivity index (χ1n) is 5.51. The Kier molecular flexibility index (Phi) is 4.11. The second-order valence-corrected chi connectivity index (χ2v) is 4.78. The Labute approximate surface area is 104 Å². The largest absolute Gasteiger partial charge is 0.327 e. The molecule has 3 N–H and O–H groups in total. The van der Waals surface area contributed by atoms with E-state index in [0.717, 1.165) is 23.0 Å². The van der Waals surface area contributed by atoms with Gasteiger partial charge >= 0.3 is 0 Å². The highest BCUT2D eigenvalue weighted by molar-refractivity contribution is 7.99. The fourth-order valence-corrected chi connectivity index (χ4v) is 2.02. The van der Waals surface area contributed by atoms with Gasteiger partial charge in [-0.2, -0.15) is 5.10 Å². The fraction of sp³-hybridized carbons (Fsp3) is 0.364. The van der Waals surface area contributed by atoms with Crippen LogP contribution >= 0.6 is 11.8 Å². The molecule has 2 aromatic rings. The van der Waals surface area contributed by atoms with Crippen LogP contribution in [0.2, 0.25) is 0 Å². The first-order chi connectivity index (χ1) is 8.28. The molecule has 5 nitrogen and oxygen atoms in total. The van der Waals surface area contributed by atoms with Gasteiger partial charge in [0.2, 0.25) is 0 Å². The summed E-state index contributed by atoms with van der Waals surface area (Å²) in [5, 5.41) is 8.21. The number of nitrogens with two attached hydrogens (primary N) is 1. The van der Waals surface area contributed by atoms with Crippen LogP contribution in [0.1, 0.15) is 18.9 Å². The number of H-pyrrole nitrogens is 1. The number of pyridine rings is 1. The van der Waals surface area contributed by atoms with Crippen molar-refractivity contribution < 1.29 is 0 Å². The third kappa shape index (κ3) is 3.54. The Balaban J connectivity index is 1.98. The zero-order valence-corrected chi connectivity index (χ0v) is 10.4. The van der Waals surface area contributed by atoms with E-state index < -0.39 is 0 Å². The van der Waals surface area contributed by atoms with Gasteiger partial charge in [0.25, 0.3) is 0 Å². The van der Waals surface area contributed by atoms with Crippen molar-refractivity contribution in [1.29, 1.82) is 0 Å². The molecule has 0 aliphatic rings. The Bertz CT molecular complexity index is 439. The Morgan fingerprint density at radius 3 is 2.88 bits per heavy atom. The lowest BCUT2D eigenvalue weighted by Gasteiger charge is -2.08. The summed E-state index contributed by atoms with van der Waals surface area (Å²) in [6, 6.07) is 4.25. The molecule has 0 aliphatic carbocycles. The molecule has 0 radical (unpaired) electrons. The van der Waals surface area contributed by atoms with Crippen LogP contribution in [0.25, 0.3) is 0 Å². The summed E-state index contributed by atoms with van der Waals surface area (Å²) in [4.78, 5) is 8.39. The third-order valence-corrected chi connectivity index (χ3v) is 3.25. The molecule has 0 amide bonds. The second-order valence-electron chi connectivity index (χ2n) is 3.77. The van der Waals surface area contributed by atoms with Crippen LogP contribution in [0.5, 0.6) is 0 Å². The summed E-state index contributed by atoms with van der Waals surface area (Å²) in [5.41, 5.74) is 7.06. The van der Waals surface area contributed by atoms with Crippen LogP contribution in [0.15, 0.2) is 34.8 Å². The monoisotopic (exact) mass is 249 g/mol. The van der Waals surface area contributed by atoms with Gasteiger partial charge in [-0.05, 0) is 36.2 Å². The van der Waals surface area contributed by atoms with Gasteiger partial charge < -0.3 is 5.73 Å².